The van der Waals surface area contributed by atoms with Gasteiger partial charge in [-0.05, 0) is 105 Å². The van der Waals surface area contributed by atoms with E-state index in [0.29, 0.717) is 118 Å². The number of halogens is 5. The van der Waals surface area contributed by atoms with Crippen LogP contribution in [0.25, 0.3) is 6.15 Å². The van der Waals surface area contributed by atoms with Gasteiger partial charge in [0.05, 0.1) is 58.0 Å². The minimum Gasteiger partial charge on any atom is -0.693 e. The number of cyclic esters (lactones) is 3. The van der Waals surface area contributed by atoms with E-state index in [4.69, 9.17) is 71.8 Å². The van der Waals surface area contributed by atoms with Crippen LogP contribution in [-0.4, -0.2) is 182 Å². The minimum absolute atomic E-state index is 0. The molecule has 4 aromatic carbocycles. The molecule has 4 aromatic rings. The Hall–Kier alpha value is -4.15. The fourth-order valence-corrected chi connectivity index (χ4v) is 11.2. The second-order valence-corrected chi connectivity index (χ2v) is 38.5. The molecule has 6 fully saturated rings. The Kier molecular flexibility index (Phi) is 74.8. The number of carbonyl (C=O) groups is 11. The number of hydrogen-bond donors (Lipinski definition) is 4. The fraction of sp³-hybridized carbons (Fsp3) is 0.544. The molecular weight excluding hydrogens is 1900 g/mol. The number of benzene rings is 4. The van der Waals surface area contributed by atoms with E-state index in [2.05, 4.69) is 89.1 Å². The van der Waals surface area contributed by atoms with E-state index in [1.165, 1.54) is 7.11 Å². The summed E-state index contributed by atoms with van der Waals surface area (Å²) in [6, 6.07) is 33.8. The van der Waals surface area contributed by atoms with E-state index in [9.17, 15) is 52.7 Å². The van der Waals surface area contributed by atoms with Gasteiger partial charge in [0, 0.05) is 49.6 Å². The molecule has 0 spiro atoms. The number of ether oxygens (including phenoxy) is 9. The quantitative estimate of drug-likeness (QED) is 0.00468. The molecular formula is C79H118Br3ClCuIMgN5NaO21Si. The van der Waals surface area contributed by atoms with E-state index >= 15 is 0 Å². The molecule has 1 unspecified atom stereocenters. The van der Waals surface area contributed by atoms with E-state index in [-0.39, 0.29) is 119 Å². The van der Waals surface area contributed by atoms with Crippen LogP contribution in [0.2, 0.25) is 19.6 Å². The second kappa shape index (κ2) is 70.7. The van der Waals surface area contributed by atoms with E-state index in [0.717, 1.165) is 70.4 Å². The monoisotopic (exact) mass is 2010 g/mol. The van der Waals surface area contributed by atoms with Crippen LogP contribution >= 0.6 is 63.2 Å². The first-order valence-electron chi connectivity index (χ1n) is 36.2. The summed E-state index contributed by atoms with van der Waals surface area (Å²) in [7, 11) is 2.43. The number of nitrogens with two attached hydrogens (primary N) is 4. The van der Waals surface area contributed by atoms with Crippen molar-refractivity contribution in [3.8, 4) is 23.0 Å². The number of fused-ring (bicyclic) bond motifs is 1. The van der Waals surface area contributed by atoms with Crippen molar-refractivity contribution in [2.45, 2.75) is 176 Å². The van der Waals surface area contributed by atoms with Crippen LogP contribution in [0.1, 0.15) is 138 Å². The Bertz CT molecular complexity index is 3260. The van der Waals surface area contributed by atoms with E-state index in [1.54, 1.807) is 134 Å². The summed E-state index contributed by atoms with van der Waals surface area (Å²) in [4.78, 5) is 126. The van der Waals surface area contributed by atoms with Crippen molar-refractivity contribution < 1.29 is 160 Å². The average Bonchev–Trinajstić information content (AvgIpc) is 1.55. The molecule has 0 radical (unpaired) electrons. The number of methoxy groups -OCH3 is 1. The maximum Gasteiger partial charge on any atom is 2.00 e. The molecule has 114 heavy (non-hydrogen) atoms. The molecule has 9 N–H and O–H groups in total. The van der Waals surface area contributed by atoms with Gasteiger partial charge in [-0.3, -0.25) is 52.7 Å². The smallest absolute Gasteiger partial charge is 0.693 e. The summed E-state index contributed by atoms with van der Waals surface area (Å²) < 4.78 is 44.2. The predicted molar refractivity (Wildman–Crippen MR) is 448 cm³/mol. The van der Waals surface area contributed by atoms with Crippen LogP contribution in [0.15, 0.2) is 121 Å². The molecule has 10 atom stereocenters. The van der Waals surface area contributed by atoms with Crippen molar-refractivity contribution in [2.75, 3.05) is 58.4 Å². The molecule has 1 aliphatic carbocycles. The van der Waals surface area contributed by atoms with Gasteiger partial charge < -0.3 is 100 Å². The van der Waals surface area contributed by atoms with Gasteiger partial charge in [0.15, 0.2) is 11.3 Å². The number of nitrogens with zero attached hydrogens (tertiary/aromatic N) is 1. The zero-order valence-corrected chi connectivity index (χ0v) is 81.1. The molecule has 5 heterocycles. The summed E-state index contributed by atoms with van der Waals surface area (Å²) in [5, 5.41) is 7.88. The van der Waals surface area contributed by atoms with Crippen LogP contribution in [0.5, 0.6) is 23.0 Å². The zero-order chi connectivity index (χ0) is 82.5. The Morgan fingerprint density at radius 1 is 0.658 bits per heavy atom. The molecule has 6 aliphatic rings. The molecule has 3 amide bonds. The van der Waals surface area contributed by atoms with E-state index in [1.807, 2.05) is 32.9 Å². The number of para-hydroxylation sites is 4. The Labute approximate surface area is 765 Å². The van der Waals surface area contributed by atoms with Gasteiger partial charge in [0.25, 0.3) is 0 Å². The van der Waals surface area contributed by atoms with Crippen LogP contribution in [0.4, 0.5) is 0 Å². The predicted octanol–water partition coefficient (Wildman–Crippen LogP) is 7.87. The molecule has 26 nitrogen and oxygen atoms in total. The first-order chi connectivity index (χ1) is 52.0. The SMILES string of the molecule is CCC[C@@H](CBr)CC(=O)OC.CCC[C@@H]1CC(=O)N([C@@H](CC)C(N)=O)C1.CCC[C@H]1COC(=O)C1.CCC[C@H]1COC(=O)C1C(=O)Oc1ccccc1.CC[C@H](N)C(N)=O.CO.C[Si](C)(C)Br.ClC[C@H]1CO1.O=C(CC(=O)Oc1ccccc1)Oc1ccccc1.O=C1OC[C@@H]2C[C@]12C(=O)Oc1ccccc1.[Br-].[CH3-].[Cu][I].[Mg+2].[NH2-].[Na+]. The first kappa shape index (κ1) is 121. The number of carbonyl (C=O) groups excluding carboxylic acids is 11. The van der Waals surface area contributed by atoms with Gasteiger partial charge in [0.2, 0.25) is 17.7 Å². The van der Waals surface area contributed by atoms with Gasteiger partial charge >= 0.3 is 133 Å². The molecule has 5 saturated heterocycles. The number of likely N-dealkylation sites (tertiary alicyclic amines) is 1. The minimum atomic E-state index is -0.990. The molecule has 1 saturated carbocycles. The van der Waals surface area contributed by atoms with Crippen molar-refractivity contribution in [3.05, 3.63) is 135 Å². The van der Waals surface area contributed by atoms with E-state index < -0.39 is 78.3 Å². The Balaban J connectivity index is -0.000000292. The Morgan fingerprint density at radius 3 is 1.43 bits per heavy atom. The zero-order valence-electron chi connectivity index (χ0n) is 68.1. The van der Waals surface area contributed by atoms with Crippen LogP contribution < -0.4 is 82.7 Å². The van der Waals surface area contributed by atoms with Crippen molar-refractivity contribution in [3.63, 3.8) is 0 Å². The molecule has 0 bridgehead atoms. The molecule has 638 valence electrons. The van der Waals surface area contributed by atoms with Crippen molar-refractivity contribution in [1.29, 1.82) is 0 Å². The number of hydrogen-bond acceptors (Lipinski definition) is 22. The largest absolute Gasteiger partial charge is 2.00 e. The number of esters is 8. The number of epoxide rings is 1. The summed E-state index contributed by atoms with van der Waals surface area (Å²) in [5.41, 5.74) is 14.2. The van der Waals surface area contributed by atoms with Crippen LogP contribution in [-0.2, 0) is 89.2 Å². The van der Waals surface area contributed by atoms with Crippen molar-refractivity contribution in [2.24, 2.45) is 58.1 Å². The van der Waals surface area contributed by atoms with Gasteiger partial charge in [-0.25, -0.2) is 0 Å². The van der Waals surface area contributed by atoms with Gasteiger partial charge in [-0.2, -0.15) is 0 Å². The number of alkyl halides is 2. The number of amides is 3. The molecule has 5 aliphatic heterocycles. The molecule has 10 rings (SSSR count). The third-order valence-electron chi connectivity index (χ3n) is 16.1. The van der Waals surface area contributed by atoms with Crippen molar-refractivity contribution >= 4 is 158 Å². The summed E-state index contributed by atoms with van der Waals surface area (Å²) in [5.74, 6) is -1.09. The first-order valence-corrected chi connectivity index (χ1v) is 46.7. The standard InChI is InChI=1S/C15H12O4.C14H16O4.C12H10O4.C11H20N2O2.C8H15BrO2.C7H12O2.C4H10N2O.C3H9BrSi.C3H5ClO.CH4O.CH3.BrH.Cu.HI.Mg.H2N.Na/c16-14(18-12-7-3-1-4-8-12)11-15(17)19-13-9-5-2-6-10-13;1-2-6-10-9-17-13(15)12(10)14(16)18-11-7-4-3-5-8-11;13-10-12(6-8(12)7-15-10)11(14)16-9-4-2-1-3-5-9;1-3-5-8-6-10(14)13(7-8)9(4-2)11(12)15;1-3-4-7(6-9)5-8(10)11-2;1-2-3-6-4-7(8)9-5-6;1-2-3(5)4(6)7;1-5(2,3)4;4-1-3-2-5-3;1-2;;;;;;;/h1-10H,11H2;3-5,7-8,10,12H,2,6,9H2,1H3;1-5,8H,6-7H2;8-9H,3-7H2,1-2H3,(H2,12,15);7H,3-6H2,1-2H3;6H,2-5H2,1H3;3H,2,5H2,1H3,(H2,6,7);1-3H3;3H,1-2H2;2H,1H3;1H3;1H;;1H;;1H2;/q;;;;;;;;;;-1;;+1;;+2;-1;+1/p-2/t;10-,12?;8-,12+;8-,9+;7-;6-;3-;;3-;;;;;;;;/m.001110.0......../s1. The number of rotatable bonds is 25. The normalized spacial score (nSPS) is 18.8. The summed E-state index contributed by atoms with van der Waals surface area (Å²) >= 11 is 18.0. The van der Waals surface area contributed by atoms with Gasteiger partial charge in [-0.15, -0.1) is 26.9 Å². The Morgan fingerprint density at radius 2 is 1.11 bits per heavy atom. The number of aliphatic hydroxyl groups excluding tert-OH is 1. The average molecular weight is 2010 g/mol. The van der Waals surface area contributed by atoms with Crippen molar-refractivity contribution in [1.82, 2.24) is 4.90 Å². The maximum absolute atomic E-state index is 12.0. The molecule has 35 heteroatoms. The van der Waals surface area contributed by atoms with Crippen LogP contribution in [0.3, 0.4) is 0 Å². The number of primary amides is 2. The third-order valence-corrected chi connectivity index (χ3v) is 17.4. The second-order valence-electron chi connectivity index (χ2n) is 26.3. The topological polar surface area (TPSA) is 409 Å². The number of aliphatic hydroxyl groups is 1. The van der Waals surface area contributed by atoms with Gasteiger partial charge in [-0.1, -0.05) is 176 Å². The molecule has 0 aromatic heterocycles. The maximum atomic E-state index is 12.0. The third kappa shape index (κ3) is 52.7. The summed E-state index contributed by atoms with van der Waals surface area (Å²) in [6.45, 7) is 20.9. The van der Waals surface area contributed by atoms with Crippen LogP contribution in [0, 0.1) is 48.3 Å². The summed E-state index contributed by atoms with van der Waals surface area (Å²) in [6.07, 6.45) is 11.9. The van der Waals surface area contributed by atoms with Gasteiger partial charge in [0.1, 0.15) is 42.2 Å². The fourth-order valence-electron chi connectivity index (χ4n) is 10.4.